The van der Waals surface area contributed by atoms with Gasteiger partial charge >= 0.3 is 5.97 Å². The van der Waals surface area contributed by atoms with Crippen molar-refractivity contribution in [2.45, 2.75) is 156 Å². The third-order valence-corrected chi connectivity index (χ3v) is 10.8. The third-order valence-electron chi connectivity index (χ3n) is 9.74. The number of fused-ring (bicyclic) bond motifs is 1. The van der Waals surface area contributed by atoms with Gasteiger partial charge in [-0.15, -0.1) is 11.8 Å². The van der Waals surface area contributed by atoms with E-state index in [0.29, 0.717) is 11.4 Å². The summed E-state index contributed by atoms with van der Waals surface area (Å²) >= 11 is 1.78. The Morgan fingerprint density at radius 3 is 2.20 bits per heavy atom. The van der Waals surface area contributed by atoms with Crippen LogP contribution in [0.3, 0.4) is 0 Å². The Balaban J connectivity index is 1.53. The minimum absolute atomic E-state index is 0.152. The van der Waals surface area contributed by atoms with Crippen LogP contribution in [-0.4, -0.2) is 22.3 Å². The van der Waals surface area contributed by atoms with Crippen molar-refractivity contribution in [3.8, 4) is 11.5 Å². The van der Waals surface area contributed by atoms with E-state index in [4.69, 9.17) is 9.47 Å². The number of carbonyl (C=O) groups is 1. The van der Waals surface area contributed by atoms with Gasteiger partial charge in [0, 0.05) is 16.7 Å². The van der Waals surface area contributed by atoms with Gasteiger partial charge in [0.05, 0.1) is 0 Å². The lowest BCUT2D eigenvalue weighted by Crippen LogP contribution is -2.37. The molecule has 0 radical (unpaired) electrons. The Morgan fingerprint density at radius 1 is 0.932 bits per heavy atom. The SMILES string of the molecule is CCCCSc1ccc(C(=O)Oc2c(C)c(C)c3c(c2C)CCC(C)(CCCC(C)CCCC(C)CCCC(C)C)O3)nc1. The molecule has 0 aliphatic carbocycles. The highest BCUT2D eigenvalue weighted by atomic mass is 32.2. The summed E-state index contributed by atoms with van der Waals surface area (Å²) in [6, 6.07) is 3.74. The number of rotatable bonds is 18. The highest BCUT2D eigenvalue weighted by Gasteiger charge is 2.35. The summed E-state index contributed by atoms with van der Waals surface area (Å²) in [6.07, 6.45) is 17.8. The largest absolute Gasteiger partial charge is 0.487 e. The van der Waals surface area contributed by atoms with E-state index >= 15 is 0 Å². The molecule has 2 aromatic rings. The van der Waals surface area contributed by atoms with Gasteiger partial charge in [0.2, 0.25) is 0 Å². The Labute approximate surface area is 273 Å². The second-order valence-electron chi connectivity index (χ2n) is 14.4. The number of unbranched alkanes of at least 4 members (excludes halogenated alkanes) is 1. The van der Waals surface area contributed by atoms with Gasteiger partial charge in [0.1, 0.15) is 22.8 Å². The molecule has 0 fully saturated rings. The monoisotopic (exact) mass is 623 g/mol. The molecule has 1 aromatic heterocycles. The summed E-state index contributed by atoms with van der Waals surface area (Å²) in [7, 11) is 0. The van der Waals surface area contributed by atoms with E-state index in [1.165, 1.54) is 69.8 Å². The minimum Gasteiger partial charge on any atom is -0.487 e. The number of aromatic nitrogens is 1. The van der Waals surface area contributed by atoms with Crippen LogP contribution in [0.25, 0.3) is 0 Å². The summed E-state index contributed by atoms with van der Waals surface area (Å²) in [6.45, 7) is 20.2. The number of nitrogens with zero attached hydrogens (tertiary/aromatic N) is 1. The zero-order valence-electron chi connectivity index (χ0n) is 29.4. The maximum Gasteiger partial charge on any atom is 0.362 e. The van der Waals surface area contributed by atoms with Gasteiger partial charge in [-0.3, -0.25) is 0 Å². The lowest BCUT2D eigenvalue weighted by molar-refractivity contribution is 0.0508. The predicted octanol–water partition coefficient (Wildman–Crippen LogP) is 11.6. The molecule has 0 saturated carbocycles. The number of carbonyl (C=O) groups excluding carboxylic acids is 1. The number of esters is 1. The molecule has 1 aromatic carbocycles. The van der Waals surface area contributed by atoms with Crippen LogP contribution in [-0.2, 0) is 6.42 Å². The number of hydrogen-bond acceptors (Lipinski definition) is 5. The summed E-state index contributed by atoms with van der Waals surface area (Å²) in [5.41, 5.74) is 4.43. The van der Waals surface area contributed by atoms with Crippen LogP contribution >= 0.6 is 11.8 Å². The van der Waals surface area contributed by atoms with E-state index in [-0.39, 0.29) is 5.60 Å². The van der Waals surface area contributed by atoms with Crippen molar-refractivity contribution in [1.29, 1.82) is 0 Å². The summed E-state index contributed by atoms with van der Waals surface area (Å²) in [5.74, 6) is 4.77. The van der Waals surface area contributed by atoms with E-state index in [1.54, 1.807) is 24.0 Å². The molecule has 4 nitrogen and oxygen atoms in total. The first kappa shape index (κ1) is 36.5. The summed E-state index contributed by atoms with van der Waals surface area (Å²) in [4.78, 5) is 18.6. The average molecular weight is 624 g/mol. The van der Waals surface area contributed by atoms with Gasteiger partial charge in [0.25, 0.3) is 0 Å². The van der Waals surface area contributed by atoms with Crippen LogP contribution in [0.1, 0.15) is 151 Å². The van der Waals surface area contributed by atoms with Crippen LogP contribution in [0.5, 0.6) is 11.5 Å². The van der Waals surface area contributed by atoms with E-state index < -0.39 is 5.97 Å². The molecule has 1 aliphatic rings. The topological polar surface area (TPSA) is 48.4 Å². The van der Waals surface area contributed by atoms with Crippen molar-refractivity contribution < 1.29 is 14.3 Å². The van der Waals surface area contributed by atoms with E-state index in [0.717, 1.165) is 70.1 Å². The van der Waals surface area contributed by atoms with Gasteiger partial charge in [0.15, 0.2) is 0 Å². The second kappa shape index (κ2) is 17.6. The maximum absolute atomic E-state index is 13.1. The van der Waals surface area contributed by atoms with Gasteiger partial charge in [-0.1, -0.05) is 86.0 Å². The fraction of sp³-hybridized carbons (Fsp3) is 0.692. The molecular weight excluding hydrogens is 563 g/mol. The van der Waals surface area contributed by atoms with Crippen molar-refractivity contribution in [3.63, 3.8) is 0 Å². The van der Waals surface area contributed by atoms with Gasteiger partial charge in [-0.2, -0.15) is 0 Å². The number of pyridine rings is 1. The summed E-state index contributed by atoms with van der Waals surface area (Å²) < 4.78 is 12.8. The first-order valence-electron chi connectivity index (χ1n) is 17.6. The molecule has 0 N–H and O–H groups in total. The van der Waals surface area contributed by atoms with Crippen LogP contribution in [0.15, 0.2) is 23.2 Å². The number of ether oxygens (including phenoxy) is 2. The second-order valence-corrected chi connectivity index (χ2v) is 15.6. The first-order valence-corrected chi connectivity index (χ1v) is 18.5. The Kier molecular flexibility index (Phi) is 14.6. The number of thioether (sulfide) groups is 1. The first-order chi connectivity index (χ1) is 20.9. The zero-order valence-corrected chi connectivity index (χ0v) is 30.3. The standard InChI is InChI=1S/C39H61NO3S/c1-10-11-25-44-33-20-21-35(40-26-33)38(41)42-36-30(6)31(7)37-34(32(36)8)22-24-39(9,43-37)23-14-19-29(5)18-13-17-28(4)16-12-15-27(2)3/h20-21,26-29H,10-19,22-25H2,1-9H3. The molecule has 5 heteroatoms. The molecule has 44 heavy (non-hydrogen) atoms. The molecule has 3 unspecified atom stereocenters. The zero-order chi connectivity index (χ0) is 32.3. The van der Waals surface area contributed by atoms with Crippen LogP contribution in [0.4, 0.5) is 0 Å². The number of hydrogen-bond donors (Lipinski definition) is 0. The normalized spacial score (nSPS) is 17.7. The van der Waals surface area contributed by atoms with Crippen LogP contribution in [0, 0.1) is 38.5 Å². The van der Waals surface area contributed by atoms with Gasteiger partial charge < -0.3 is 9.47 Å². The Morgan fingerprint density at radius 2 is 1.59 bits per heavy atom. The molecule has 246 valence electrons. The molecule has 0 spiro atoms. The smallest absolute Gasteiger partial charge is 0.362 e. The van der Waals surface area contributed by atoms with Crippen molar-refractivity contribution in [2.24, 2.45) is 17.8 Å². The molecular formula is C39H61NO3S. The lowest BCUT2D eigenvalue weighted by atomic mass is 9.83. The van der Waals surface area contributed by atoms with Crippen LogP contribution in [0.2, 0.25) is 0 Å². The minimum atomic E-state index is -0.406. The van der Waals surface area contributed by atoms with E-state index in [9.17, 15) is 4.79 Å². The summed E-state index contributed by atoms with van der Waals surface area (Å²) in [5, 5.41) is 0. The van der Waals surface area contributed by atoms with Crippen LogP contribution < -0.4 is 9.47 Å². The van der Waals surface area contributed by atoms with Crippen molar-refractivity contribution in [3.05, 3.63) is 46.3 Å². The molecule has 0 bridgehead atoms. The van der Waals surface area contributed by atoms with Gasteiger partial charge in [-0.25, -0.2) is 9.78 Å². The highest BCUT2D eigenvalue weighted by molar-refractivity contribution is 7.99. The fourth-order valence-electron chi connectivity index (χ4n) is 6.48. The van der Waals surface area contributed by atoms with Gasteiger partial charge in [-0.05, 0) is 112 Å². The van der Waals surface area contributed by atoms with E-state index in [1.807, 2.05) is 13.0 Å². The molecule has 2 heterocycles. The highest BCUT2D eigenvalue weighted by Crippen LogP contribution is 2.45. The molecule has 0 saturated heterocycles. The molecule has 3 rings (SSSR count). The van der Waals surface area contributed by atoms with Crippen molar-refractivity contribution in [1.82, 2.24) is 4.98 Å². The third kappa shape index (κ3) is 10.8. The average Bonchev–Trinajstić information content (AvgIpc) is 2.98. The maximum atomic E-state index is 13.1. The predicted molar refractivity (Wildman–Crippen MR) is 188 cm³/mol. The van der Waals surface area contributed by atoms with E-state index in [2.05, 4.69) is 60.4 Å². The molecule has 0 amide bonds. The Hall–Kier alpha value is -2.01. The van der Waals surface area contributed by atoms with Crippen molar-refractivity contribution >= 4 is 17.7 Å². The lowest BCUT2D eigenvalue weighted by Gasteiger charge is -2.38. The van der Waals surface area contributed by atoms with Crippen molar-refractivity contribution in [2.75, 3.05) is 5.75 Å². The molecule has 1 aliphatic heterocycles. The fourth-order valence-corrected chi connectivity index (χ4v) is 7.44. The Bertz CT molecular complexity index is 1190. The molecule has 3 atom stereocenters. The number of benzene rings is 1. The quantitative estimate of drug-likeness (QED) is 0.0715.